The number of ether oxygens (including phenoxy) is 2. The van der Waals surface area contributed by atoms with Crippen molar-refractivity contribution in [2.24, 2.45) is 5.92 Å². The molecule has 1 saturated heterocycles. The molecule has 0 aromatic heterocycles. The quantitative estimate of drug-likeness (QED) is 0.911. The third-order valence-electron chi connectivity index (χ3n) is 4.35. The fourth-order valence-corrected chi connectivity index (χ4v) is 3.16. The molecule has 1 N–H and O–H groups in total. The van der Waals surface area contributed by atoms with Gasteiger partial charge in [0.25, 0.3) is 0 Å². The molecule has 6 nitrogen and oxygen atoms in total. The van der Waals surface area contributed by atoms with Crippen LogP contribution in [-0.4, -0.2) is 48.2 Å². The summed E-state index contributed by atoms with van der Waals surface area (Å²) >= 11 is 0. The molecular formula is C16H19NO5. The van der Waals surface area contributed by atoms with Gasteiger partial charge in [-0.1, -0.05) is 6.07 Å². The summed E-state index contributed by atoms with van der Waals surface area (Å²) in [6.07, 6.45) is 1.84. The zero-order valence-electron chi connectivity index (χ0n) is 12.4. The van der Waals surface area contributed by atoms with Gasteiger partial charge in [-0.3, -0.25) is 4.79 Å². The molecule has 0 radical (unpaired) electrons. The summed E-state index contributed by atoms with van der Waals surface area (Å²) in [4.78, 5) is 25.3. The first-order valence-corrected chi connectivity index (χ1v) is 7.43. The number of carboxylic acid groups (broad SMARTS) is 1. The molecule has 2 heterocycles. The third kappa shape index (κ3) is 2.61. The number of carboxylic acids is 1. The highest BCUT2D eigenvalue weighted by Crippen LogP contribution is 2.32. The van der Waals surface area contributed by atoms with Gasteiger partial charge in [0, 0.05) is 12.6 Å². The number of rotatable bonds is 3. The second kappa shape index (κ2) is 5.87. The van der Waals surface area contributed by atoms with Crippen molar-refractivity contribution in [3.63, 3.8) is 0 Å². The number of hydrogen-bond acceptors (Lipinski definition) is 4. The minimum absolute atomic E-state index is 0.119. The first kappa shape index (κ1) is 14.7. The van der Waals surface area contributed by atoms with E-state index < -0.39 is 12.0 Å². The monoisotopic (exact) mass is 305 g/mol. The smallest absolute Gasteiger partial charge is 0.326 e. The van der Waals surface area contributed by atoms with Gasteiger partial charge in [-0.15, -0.1) is 0 Å². The van der Waals surface area contributed by atoms with Crippen LogP contribution >= 0.6 is 0 Å². The predicted octanol–water partition coefficient (Wildman–Crippen LogP) is 1.32. The summed E-state index contributed by atoms with van der Waals surface area (Å²) < 4.78 is 10.8. The van der Waals surface area contributed by atoms with Crippen molar-refractivity contribution in [3.8, 4) is 11.5 Å². The lowest BCUT2D eigenvalue weighted by molar-refractivity contribution is -0.150. The third-order valence-corrected chi connectivity index (χ3v) is 4.35. The molecule has 1 fully saturated rings. The lowest BCUT2D eigenvalue weighted by Crippen LogP contribution is -2.46. The fraction of sp³-hybridized carbons (Fsp3) is 0.500. The van der Waals surface area contributed by atoms with E-state index in [1.807, 2.05) is 18.2 Å². The molecule has 0 spiro atoms. The van der Waals surface area contributed by atoms with Crippen molar-refractivity contribution in [2.45, 2.75) is 25.3 Å². The number of methoxy groups -OCH3 is 1. The summed E-state index contributed by atoms with van der Waals surface area (Å²) in [6, 6.07) is 4.85. The van der Waals surface area contributed by atoms with Gasteiger partial charge in [-0.2, -0.15) is 0 Å². The summed E-state index contributed by atoms with van der Waals surface area (Å²) in [5.41, 5.74) is 0.955. The number of benzene rings is 1. The maximum Gasteiger partial charge on any atom is 0.326 e. The SMILES string of the molecule is COc1ccc2c(c1)OC[C@H](C(=O)N1CCC[C@@H]1C(=O)O)C2. The molecular weight excluding hydrogens is 286 g/mol. The van der Waals surface area contributed by atoms with E-state index in [9.17, 15) is 14.7 Å². The topological polar surface area (TPSA) is 76.1 Å². The van der Waals surface area contributed by atoms with Crippen LogP contribution in [0.25, 0.3) is 0 Å². The van der Waals surface area contributed by atoms with Crippen molar-refractivity contribution in [1.82, 2.24) is 4.90 Å². The van der Waals surface area contributed by atoms with Crippen LogP contribution in [0.1, 0.15) is 18.4 Å². The van der Waals surface area contributed by atoms with E-state index >= 15 is 0 Å². The Labute approximate surface area is 128 Å². The van der Waals surface area contributed by atoms with Crippen LogP contribution < -0.4 is 9.47 Å². The van der Waals surface area contributed by atoms with E-state index in [2.05, 4.69) is 0 Å². The minimum atomic E-state index is -0.923. The first-order valence-electron chi connectivity index (χ1n) is 7.43. The Kier molecular flexibility index (Phi) is 3.92. The second-order valence-corrected chi connectivity index (χ2v) is 5.71. The van der Waals surface area contributed by atoms with E-state index in [0.717, 1.165) is 17.7 Å². The van der Waals surface area contributed by atoms with Crippen LogP contribution in [0.15, 0.2) is 18.2 Å². The average Bonchev–Trinajstić information content (AvgIpc) is 3.03. The molecule has 0 saturated carbocycles. The van der Waals surface area contributed by atoms with Crippen LogP contribution in [0.4, 0.5) is 0 Å². The molecule has 22 heavy (non-hydrogen) atoms. The Bertz CT molecular complexity index is 600. The molecule has 118 valence electrons. The largest absolute Gasteiger partial charge is 0.497 e. The zero-order valence-corrected chi connectivity index (χ0v) is 12.4. The van der Waals surface area contributed by atoms with Crippen molar-refractivity contribution < 1.29 is 24.2 Å². The highest BCUT2D eigenvalue weighted by molar-refractivity contribution is 5.86. The van der Waals surface area contributed by atoms with E-state index in [1.165, 1.54) is 4.90 Å². The number of amides is 1. The molecule has 2 atom stereocenters. The standard InChI is InChI=1S/C16H19NO5/c1-21-12-5-4-10-7-11(9-22-14(10)8-12)15(18)17-6-2-3-13(17)16(19)20/h4-5,8,11,13H,2-3,6-7,9H2,1H3,(H,19,20)/t11-,13-/m1/s1. The van der Waals surface area contributed by atoms with E-state index in [1.54, 1.807) is 7.11 Å². The van der Waals surface area contributed by atoms with E-state index in [-0.39, 0.29) is 18.4 Å². The van der Waals surface area contributed by atoms with Gasteiger partial charge < -0.3 is 19.5 Å². The first-order chi connectivity index (χ1) is 10.6. The summed E-state index contributed by atoms with van der Waals surface area (Å²) in [5.74, 6) is 0.0912. The highest BCUT2D eigenvalue weighted by atomic mass is 16.5. The Morgan fingerprint density at radius 2 is 2.23 bits per heavy atom. The van der Waals surface area contributed by atoms with E-state index in [0.29, 0.717) is 25.1 Å². The van der Waals surface area contributed by atoms with Gasteiger partial charge in [0.15, 0.2) is 0 Å². The van der Waals surface area contributed by atoms with E-state index in [4.69, 9.17) is 9.47 Å². The Morgan fingerprint density at radius 3 is 2.95 bits per heavy atom. The number of fused-ring (bicyclic) bond motifs is 1. The summed E-state index contributed by atoms with van der Waals surface area (Å²) in [7, 11) is 1.59. The van der Waals surface area contributed by atoms with Crippen molar-refractivity contribution >= 4 is 11.9 Å². The molecule has 1 aromatic rings. The summed E-state index contributed by atoms with van der Waals surface area (Å²) in [5, 5.41) is 9.21. The summed E-state index contributed by atoms with van der Waals surface area (Å²) in [6.45, 7) is 0.795. The fourth-order valence-electron chi connectivity index (χ4n) is 3.16. The number of carbonyl (C=O) groups is 2. The van der Waals surface area contributed by atoms with Crippen LogP contribution in [-0.2, 0) is 16.0 Å². The molecule has 3 rings (SSSR count). The molecule has 2 aliphatic rings. The molecule has 1 aromatic carbocycles. The van der Waals surface area contributed by atoms with Gasteiger partial charge in [-0.05, 0) is 30.9 Å². The lowest BCUT2D eigenvalue weighted by Gasteiger charge is -2.30. The molecule has 1 amide bonds. The van der Waals surface area contributed by atoms with Crippen molar-refractivity contribution in [1.29, 1.82) is 0 Å². The minimum Gasteiger partial charge on any atom is -0.497 e. The maximum atomic E-state index is 12.6. The van der Waals surface area contributed by atoms with Crippen LogP contribution in [0.5, 0.6) is 11.5 Å². The normalized spacial score (nSPS) is 23.6. The van der Waals surface area contributed by atoms with Crippen LogP contribution in [0.3, 0.4) is 0 Å². The maximum absolute atomic E-state index is 12.6. The number of carbonyl (C=O) groups excluding carboxylic acids is 1. The number of hydrogen-bond donors (Lipinski definition) is 1. The van der Waals surface area contributed by atoms with Crippen LogP contribution in [0.2, 0.25) is 0 Å². The molecule has 0 aliphatic carbocycles. The second-order valence-electron chi connectivity index (χ2n) is 5.71. The molecule has 2 aliphatic heterocycles. The number of likely N-dealkylation sites (tertiary alicyclic amines) is 1. The Balaban J connectivity index is 1.74. The van der Waals surface area contributed by atoms with Gasteiger partial charge in [0.1, 0.15) is 24.1 Å². The van der Waals surface area contributed by atoms with Crippen molar-refractivity contribution in [2.75, 3.05) is 20.3 Å². The van der Waals surface area contributed by atoms with Gasteiger partial charge >= 0.3 is 5.97 Å². The highest BCUT2D eigenvalue weighted by Gasteiger charge is 2.38. The number of nitrogens with zero attached hydrogens (tertiary/aromatic N) is 1. The molecule has 0 bridgehead atoms. The van der Waals surface area contributed by atoms with Crippen molar-refractivity contribution in [3.05, 3.63) is 23.8 Å². The zero-order chi connectivity index (χ0) is 15.7. The van der Waals surface area contributed by atoms with Crippen LogP contribution in [0, 0.1) is 5.92 Å². The Morgan fingerprint density at radius 1 is 1.41 bits per heavy atom. The Hall–Kier alpha value is -2.24. The molecule has 0 unspecified atom stereocenters. The molecule has 6 heteroatoms. The van der Waals surface area contributed by atoms with Gasteiger partial charge in [-0.25, -0.2) is 4.79 Å². The van der Waals surface area contributed by atoms with Gasteiger partial charge in [0.2, 0.25) is 5.91 Å². The lowest BCUT2D eigenvalue weighted by atomic mass is 9.95. The number of aliphatic carboxylic acids is 1. The average molecular weight is 305 g/mol. The van der Waals surface area contributed by atoms with Gasteiger partial charge in [0.05, 0.1) is 13.0 Å². The predicted molar refractivity (Wildman–Crippen MR) is 78.1 cm³/mol.